The third-order valence-corrected chi connectivity index (χ3v) is 4.48. The van der Waals surface area contributed by atoms with Crippen LogP contribution in [0.1, 0.15) is 20.3 Å². The molecule has 0 saturated carbocycles. The van der Waals surface area contributed by atoms with Gasteiger partial charge in [-0.05, 0) is 40.4 Å². The first kappa shape index (κ1) is 15.4. The number of halogens is 2. The zero-order valence-corrected chi connectivity index (χ0v) is 12.6. The molecule has 3 N–H and O–H groups in total. The van der Waals surface area contributed by atoms with Crippen LogP contribution in [0.4, 0.5) is 10.1 Å². The standard InChI is InChI=1S/C11H16BrFN2O2S/c1-7(2)3-4-15-18(16,17)11-5-8(12)9(13)6-10(11)14/h5-7,15H,3-4,14H2,1-2H3. The molecule has 7 heteroatoms. The van der Waals surface area contributed by atoms with E-state index in [-0.39, 0.29) is 15.1 Å². The molecule has 0 atom stereocenters. The van der Waals surface area contributed by atoms with Crippen molar-refractivity contribution in [3.05, 3.63) is 22.4 Å². The van der Waals surface area contributed by atoms with Crippen molar-refractivity contribution >= 4 is 31.6 Å². The molecule has 1 aromatic rings. The van der Waals surface area contributed by atoms with E-state index in [1.54, 1.807) is 0 Å². The van der Waals surface area contributed by atoms with Gasteiger partial charge in [-0.25, -0.2) is 17.5 Å². The molecule has 1 rings (SSSR count). The highest BCUT2D eigenvalue weighted by Crippen LogP contribution is 2.25. The minimum Gasteiger partial charge on any atom is -0.398 e. The summed E-state index contributed by atoms with van der Waals surface area (Å²) in [6.07, 6.45) is 0.724. The average molecular weight is 339 g/mol. The van der Waals surface area contributed by atoms with E-state index in [0.29, 0.717) is 12.5 Å². The number of benzene rings is 1. The maximum atomic E-state index is 13.2. The van der Waals surface area contributed by atoms with E-state index >= 15 is 0 Å². The van der Waals surface area contributed by atoms with Gasteiger partial charge in [0.05, 0.1) is 10.2 Å². The van der Waals surface area contributed by atoms with Gasteiger partial charge in [0.25, 0.3) is 0 Å². The van der Waals surface area contributed by atoms with Gasteiger partial charge >= 0.3 is 0 Å². The van der Waals surface area contributed by atoms with Gasteiger partial charge in [0.2, 0.25) is 10.0 Å². The van der Waals surface area contributed by atoms with Crippen LogP contribution in [0.15, 0.2) is 21.5 Å². The fraction of sp³-hybridized carbons (Fsp3) is 0.455. The van der Waals surface area contributed by atoms with Gasteiger partial charge in [-0.3, -0.25) is 0 Å². The van der Waals surface area contributed by atoms with Gasteiger partial charge in [-0.15, -0.1) is 0 Å². The summed E-state index contributed by atoms with van der Waals surface area (Å²) in [7, 11) is -3.70. The molecular weight excluding hydrogens is 323 g/mol. The van der Waals surface area contributed by atoms with Crippen LogP contribution >= 0.6 is 15.9 Å². The Kier molecular flexibility index (Phi) is 5.12. The molecule has 0 heterocycles. The number of rotatable bonds is 5. The first-order valence-corrected chi connectivity index (χ1v) is 7.76. The fourth-order valence-electron chi connectivity index (χ4n) is 1.34. The highest BCUT2D eigenvalue weighted by Gasteiger charge is 2.19. The number of anilines is 1. The topological polar surface area (TPSA) is 72.2 Å². The summed E-state index contributed by atoms with van der Waals surface area (Å²) in [6.45, 7) is 4.32. The first-order valence-electron chi connectivity index (χ1n) is 5.48. The molecule has 4 nitrogen and oxygen atoms in total. The second-order valence-corrected chi connectivity index (χ2v) is 6.97. The molecule has 1 aromatic carbocycles. The number of nitrogen functional groups attached to an aromatic ring is 1. The van der Waals surface area contributed by atoms with Crippen molar-refractivity contribution in [2.24, 2.45) is 5.92 Å². The summed E-state index contributed by atoms with van der Waals surface area (Å²) in [5, 5.41) is 0. The lowest BCUT2D eigenvalue weighted by molar-refractivity contribution is 0.551. The number of nitrogens with one attached hydrogen (secondary N) is 1. The molecule has 0 aliphatic rings. The van der Waals surface area contributed by atoms with Crippen molar-refractivity contribution in [2.75, 3.05) is 12.3 Å². The van der Waals surface area contributed by atoms with Crippen LogP contribution in [0.25, 0.3) is 0 Å². The summed E-state index contributed by atoms with van der Waals surface area (Å²) in [5.74, 6) is -0.196. The van der Waals surface area contributed by atoms with Crippen molar-refractivity contribution in [2.45, 2.75) is 25.2 Å². The van der Waals surface area contributed by atoms with Crippen molar-refractivity contribution < 1.29 is 12.8 Å². The molecule has 0 aromatic heterocycles. The van der Waals surface area contributed by atoms with Crippen LogP contribution in [0.5, 0.6) is 0 Å². The van der Waals surface area contributed by atoms with Gasteiger partial charge in [-0.1, -0.05) is 13.8 Å². The Hall–Kier alpha value is -0.660. The van der Waals surface area contributed by atoms with E-state index < -0.39 is 15.8 Å². The van der Waals surface area contributed by atoms with Crippen molar-refractivity contribution in [3.8, 4) is 0 Å². The lowest BCUT2D eigenvalue weighted by atomic mass is 10.1. The molecule has 0 unspecified atom stereocenters. The predicted octanol–water partition coefficient (Wildman–Crippen LogP) is 2.49. The Bertz CT molecular complexity index is 532. The Balaban J connectivity index is 2.95. The minimum absolute atomic E-state index is 0.0703. The Morgan fingerprint density at radius 3 is 2.61 bits per heavy atom. The van der Waals surface area contributed by atoms with Crippen LogP contribution in [0.2, 0.25) is 0 Å². The van der Waals surface area contributed by atoms with Crippen LogP contribution in [0, 0.1) is 11.7 Å². The number of sulfonamides is 1. The molecule has 0 aliphatic heterocycles. The quantitative estimate of drug-likeness (QED) is 0.810. The third-order valence-electron chi connectivity index (χ3n) is 2.36. The van der Waals surface area contributed by atoms with Gasteiger partial charge in [0.15, 0.2) is 0 Å². The Morgan fingerprint density at radius 2 is 2.06 bits per heavy atom. The van der Waals surface area contributed by atoms with Crippen LogP contribution < -0.4 is 10.5 Å². The molecule has 18 heavy (non-hydrogen) atoms. The summed E-state index contributed by atoms with van der Waals surface area (Å²) < 4.78 is 39.6. The van der Waals surface area contributed by atoms with Crippen LogP contribution in [-0.4, -0.2) is 15.0 Å². The van der Waals surface area contributed by atoms with E-state index in [1.165, 1.54) is 6.07 Å². The molecule has 0 spiro atoms. The van der Waals surface area contributed by atoms with E-state index in [2.05, 4.69) is 20.7 Å². The SMILES string of the molecule is CC(C)CCNS(=O)(=O)c1cc(Br)c(F)cc1N. The number of hydrogen-bond donors (Lipinski definition) is 2. The highest BCUT2D eigenvalue weighted by atomic mass is 79.9. The lowest BCUT2D eigenvalue weighted by Crippen LogP contribution is -2.26. The van der Waals surface area contributed by atoms with Gasteiger partial charge in [-0.2, -0.15) is 0 Å². The van der Waals surface area contributed by atoms with E-state index in [1.807, 2.05) is 13.8 Å². The molecular formula is C11H16BrFN2O2S. The van der Waals surface area contributed by atoms with E-state index in [0.717, 1.165) is 12.5 Å². The molecule has 0 bridgehead atoms. The van der Waals surface area contributed by atoms with Gasteiger partial charge < -0.3 is 5.73 Å². The maximum Gasteiger partial charge on any atom is 0.242 e. The first-order chi connectivity index (χ1) is 8.24. The monoisotopic (exact) mass is 338 g/mol. The third kappa shape index (κ3) is 3.93. The smallest absolute Gasteiger partial charge is 0.242 e. The molecule has 0 aliphatic carbocycles. The Labute approximate surface area is 115 Å². The normalized spacial score (nSPS) is 12.1. The zero-order valence-electron chi connectivity index (χ0n) is 10.2. The van der Waals surface area contributed by atoms with E-state index in [9.17, 15) is 12.8 Å². The highest BCUT2D eigenvalue weighted by molar-refractivity contribution is 9.10. The summed E-state index contributed by atoms with van der Waals surface area (Å²) in [6, 6.07) is 2.16. The van der Waals surface area contributed by atoms with E-state index in [4.69, 9.17) is 5.73 Å². The van der Waals surface area contributed by atoms with Gasteiger partial charge in [0.1, 0.15) is 10.7 Å². The molecule has 102 valence electrons. The van der Waals surface area contributed by atoms with Crippen LogP contribution in [-0.2, 0) is 10.0 Å². The largest absolute Gasteiger partial charge is 0.398 e. The fourth-order valence-corrected chi connectivity index (χ4v) is 3.02. The van der Waals surface area contributed by atoms with Crippen molar-refractivity contribution in [1.29, 1.82) is 0 Å². The second-order valence-electron chi connectivity index (χ2n) is 4.38. The molecule has 0 fully saturated rings. The number of hydrogen-bond acceptors (Lipinski definition) is 3. The number of nitrogens with two attached hydrogens (primary N) is 1. The minimum atomic E-state index is -3.70. The zero-order chi connectivity index (χ0) is 13.9. The summed E-state index contributed by atoms with van der Waals surface area (Å²) in [4.78, 5) is -0.112. The Morgan fingerprint density at radius 1 is 1.44 bits per heavy atom. The molecule has 0 radical (unpaired) electrons. The van der Waals surface area contributed by atoms with Crippen molar-refractivity contribution in [3.63, 3.8) is 0 Å². The average Bonchev–Trinajstić information content (AvgIpc) is 2.22. The van der Waals surface area contributed by atoms with Crippen molar-refractivity contribution in [1.82, 2.24) is 4.72 Å². The maximum absolute atomic E-state index is 13.2. The predicted molar refractivity (Wildman–Crippen MR) is 73.2 cm³/mol. The summed E-state index contributed by atoms with van der Waals surface area (Å²) in [5.41, 5.74) is 5.42. The van der Waals surface area contributed by atoms with Crippen LogP contribution in [0.3, 0.4) is 0 Å². The van der Waals surface area contributed by atoms with Gasteiger partial charge in [0, 0.05) is 6.54 Å². The lowest BCUT2D eigenvalue weighted by Gasteiger charge is -2.11. The summed E-state index contributed by atoms with van der Waals surface area (Å²) >= 11 is 2.94. The molecule has 0 amide bonds. The molecule has 0 saturated heterocycles. The second kappa shape index (κ2) is 5.99.